The summed E-state index contributed by atoms with van der Waals surface area (Å²) < 4.78 is 27.4. The first kappa shape index (κ1) is 24.7. The predicted octanol–water partition coefficient (Wildman–Crippen LogP) is 4.17. The molecule has 0 atom stereocenters. The minimum Gasteiger partial charge on any atom is -0.301 e. The van der Waals surface area contributed by atoms with Crippen LogP contribution in [-0.2, 0) is 16.6 Å². The van der Waals surface area contributed by atoms with Gasteiger partial charge >= 0.3 is 0 Å². The SMILES string of the molecule is CCN1CCN(Cc2ccc3c(ccn3S(=O)(=O)c3ccc(C)cc3)c2)CC1.Cl.Cl. The van der Waals surface area contributed by atoms with Crippen LogP contribution in [0.25, 0.3) is 10.9 Å². The van der Waals surface area contributed by atoms with Gasteiger partial charge in [-0.2, -0.15) is 0 Å². The molecule has 164 valence electrons. The molecule has 0 saturated carbocycles. The number of fused-ring (bicyclic) bond motifs is 1. The number of nitrogens with zero attached hydrogens (tertiary/aromatic N) is 3. The maximum Gasteiger partial charge on any atom is 0.268 e. The van der Waals surface area contributed by atoms with Crippen molar-refractivity contribution in [3.63, 3.8) is 0 Å². The highest BCUT2D eigenvalue weighted by molar-refractivity contribution is 7.90. The molecule has 1 saturated heterocycles. The number of aryl methyl sites for hydroxylation is 1. The Morgan fingerprint density at radius 2 is 1.50 bits per heavy atom. The molecule has 30 heavy (non-hydrogen) atoms. The summed E-state index contributed by atoms with van der Waals surface area (Å²) in [6.07, 6.45) is 1.66. The van der Waals surface area contributed by atoms with Gasteiger partial charge in [-0.3, -0.25) is 4.90 Å². The van der Waals surface area contributed by atoms with Crippen LogP contribution in [-0.4, -0.2) is 54.9 Å². The molecule has 0 bridgehead atoms. The minimum absolute atomic E-state index is 0. The van der Waals surface area contributed by atoms with Gasteiger partial charge in [0, 0.05) is 44.3 Å². The van der Waals surface area contributed by atoms with E-state index in [0.717, 1.165) is 55.7 Å². The van der Waals surface area contributed by atoms with Crippen LogP contribution in [0.1, 0.15) is 18.1 Å². The quantitative estimate of drug-likeness (QED) is 0.562. The first-order chi connectivity index (χ1) is 13.5. The Labute approximate surface area is 191 Å². The third-order valence-corrected chi connectivity index (χ3v) is 7.32. The lowest BCUT2D eigenvalue weighted by Gasteiger charge is -2.34. The zero-order valence-electron chi connectivity index (χ0n) is 17.3. The number of benzene rings is 2. The number of piperazine rings is 1. The number of hydrogen-bond acceptors (Lipinski definition) is 4. The van der Waals surface area contributed by atoms with E-state index in [9.17, 15) is 8.42 Å². The average Bonchev–Trinajstić information content (AvgIpc) is 3.13. The third kappa shape index (κ3) is 5.01. The van der Waals surface area contributed by atoms with Crippen molar-refractivity contribution in [3.8, 4) is 0 Å². The van der Waals surface area contributed by atoms with Crippen molar-refractivity contribution in [2.45, 2.75) is 25.3 Å². The smallest absolute Gasteiger partial charge is 0.268 e. The Bertz CT molecular complexity index is 1070. The zero-order valence-corrected chi connectivity index (χ0v) is 19.8. The molecule has 0 radical (unpaired) electrons. The van der Waals surface area contributed by atoms with Crippen LogP contribution in [0.15, 0.2) is 59.6 Å². The first-order valence-electron chi connectivity index (χ1n) is 9.84. The van der Waals surface area contributed by atoms with Crippen LogP contribution in [0, 0.1) is 6.92 Å². The lowest BCUT2D eigenvalue weighted by Crippen LogP contribution is -2.45. The van der Waals surface area contributed by atoms with Crippen molar-refractivity contribution < 1.29 is 8.42 Å². The van der Waals surface area contributed by atoms with Gasteiger partial charge in [0.15, 0.2) is 0 Å². The van der Waals surface area contributed by atoms with Gasteiger partial charge in [-0.25, -0.2) is 12.4 Å². The largest absolute Gasteiger partial charge is 0.301 e. The summed E-state index contributed by atoms with van der Waals surface area (Å²) in [6.45, 7) is 10.6. The van der Waals surface area contributed by atoms with Gasteiger partial charge < -0.3 is 4.90 Å². The second kappa shape index (κ2) is 10.2. The second-order valence-electron chi connectivity index (χ2n) is 7.53. The van der Waals surface area contributed by atoms with Crippen molar-refractivity contribution in [1.82, 2.24) is 13.8 Å². The Balaban J connectivity index is 0.00000160. The molecule has 0 N–H and O–H groups in total. The molecule has 2 heterocycles. The van der Waals surface area contributed by atoms with Crippen LogP contribution in [0.4, 0.5) is 0 Å². The number of hydrogen-bond donors (Lipinski definition) is 0. The predicted molar refractivity (Wildman–Crippen MR) is 128 cm³/mol. The van der Waals surface area contributed by atoms with E-state index in [1.807, 2.05) is 31.2 Å². The zero-order chi connectivity index (χ0) is 19.7. The van der Waals surface area contributed by atoms with Gasteiger partial charge in [0.25, 0.3) is 10.0 Å². The molecule has 4 rings (SSSR count). The van der Waals surface area contributed by atoms with Gasteiger partial charge in [0.1, 0.15) is 0 Å². The molecule has 0 unspecified atom stereocenters. The summed E-state index contributed by atoms with van der Waals surface area (Å²) in [5, 5.41) is 0.959. The molecule has 1 fully saturated rings. The molecule has 1 aliphatic rings. The molecule has 0 amide bonds. The van der Waals surface area contributed by atoms with E-state index in [4.69, 9.17) is 0 Å². The summed E-state index contributed by atoms with van der Waals surface area (Å²) in [5.41, 5.74) is 2.99. The fourth-order valence-corrected chi connectivity index (χ4v) is 5.17. The number of rotatable bonds is 5. The lowest BCUT2D eigenvalue weighted by atomic mass is 10.1. The minimum atomic E-state index is -3.59. The molecular weight excluding hydrogens is 441 g/mol. The van der Waals surface area contributed by atoms with Crippen LogP contribution < -0.4 is 0 Å². The van der Waals surface area contributed by atoms with Gasteiger partial charge in [-0.05, 0) is 49.4 Å². The Kier molecular flexibility index (Phi) is 8.36. The van der Waals surface area contributed by atoms with Crippen molar-refractivity contribution in [1.29, 1.82) is 0 Å². The summed E-state index contributed by atoms with van der Waals surface area (Å²) >= 11 is 0. The van der Waals surface area contributed by atoms with Gasteiger partial charge in [-0.15, -0.1) is 24.8 Å². The lowest BCUT2D eigenvalue weighted by molar-refractivity contribution is 0.132. The van der Waals surface area contributed by atoms with Gasteiger partial charge in [0.05, 0.1) is 10.4 Å². The summed E-state index contributed by atoms with van der Waals surface area (Å²) in [5.74, 6) is 0. The van der Waals surface area contributed by atoms with E-state index in [1.165, 1.54) is 9.54 Å². The summed E-state index contributed by atoms with van der Waals surface area (Å²) in [7, 11) is -3.59. The highest BCUT2D eigenvalue weighted by Crippen LogP contribution is 2.24. The fraction of sp³-hybridized carbons (Fsp3) is 0.364. The van der Waals surface area contributed by atoms with E-state index in [1.54, 1.807) is 18.3 Å². The maximum atomic E-state index is 13.0. The molecule has 2 aromatic carbocycles. The average molecular weight is 470 g/mol. The molecule has 3 aromatic rings. The Morgan fingerprint density at radius 3 is 2.13 bits per heavy atom. The highest BCUT2D eigenvalue weighted by atomic mass is 35.5. The van der Waals surface area contributed by atoms with E-state index in [0.29, 0.717) is 4.90 Å². The molecule has 5 nitrogen and oxygen atoms in total. The molecule has 1 aliphatic heterocycles. The van der Waals surface area contributed by atoms with E-state index >= 15 is 0 Å². The fourth-order valence-electron chi connectivity index (χ4n) is 3.82. The van der Waals surface area contributed by atoms with Crippen LogP contribution in [0.3, 0.4) is 0 Å². The number of aromatic nitrogens is 1. The molecule has 0 aliphatic carbocycles. The number of likely N-dealkylation sites (N-methyl/N-ethyl adjacent to an activating group) is 1. The number of halogens is 2. The van der Waals surface area contributed by atoms with Crippen molar-refractivity contribution in [2.75, 3.05) is 32.7 Å². The van der Waals surface area contributed by atoms with Gasteiger partial charge in [-0.1, -0.05) is 30.7 Å². The van der Waals surface area contributed by atoms with Crippen LogP contribution in [0.2, 0.25) is 0 Å². The van der Waals surface area contributed by atoms with Crippen molar-refractivity contribution in [2.24, 2.45) is 0 Å². The van der Waals surface area contributed by atoms with Crippen LogP contribution in [0.5, 0.6) is 0 Å². The Morgan fingerprint density at radius 1 is 0.867 bits per heavy atom. The molecule has 1 aromatic heterocycles. The van der Waals surface area contributed by atoms with E-state index < -0.39 is 10.0 Å². The summed E-state index contributed by atoms with van der Waals surface area (Å²) in [4.78, 5) is 5.25. The molecule has 0 spiro atoms. The molecular formula is C22H29Cl2N3O2S. The maximum absolute atomic E-state index is 13.0. The van der Waals surface area contributed by atoms with Gasteiger partial charge in [0.2, 0.25) is 0 Å². The normalized spacial score (nSPS) is 15.5. The van der Waals surface area contributed by atoms with Crippen molar-refractivity contribution >= 4 is 45.7 Å². The molecule has 8 heteroatoms. The Hall–Kier alpha value is -1.57. The topological polar surface area (TPSA) is 45.5 Å². The second-order valence-corrected chi connectivity index (χ2v) is 9.35. The van der Waals surface area contributed by atoms with Crippen molar-refractivity contribution in [3.05, 3.63) is 65.9 Å². The standard InChI is InChI=1S/C22H27N3O2S.2ClH/c1-3-23-12-14-24(15-13-23)17-19-6-9-22-20(16-19)10-11-25(22)28(26,27)21-7-4-18(2)5-8-21;;/h4-11,16H,3,12-15,17H2,1-2H3;2*1H. The first-order valence-corrected chi connectivity index (χ1v) is 11.3. The highest BCUT2D eigenvalue weighted by Gasteiger charge is 2.19. The van der Waals surface area contributed by atoms with E-state index in [-0.39, 0.29) is 24.8 Å². The monoisotopic (exact) mass is 469 g/mol. The third-order valence-electron chi connectivity index (χ3n) is 5.61. The summed E-state index contributed by atoms with van der Waals surface area (Å²) in [6, 6.07) is 15.0. The van der Waals surface area contributed by atoms with Crippen LogP contribution >= 0.6 is 24.8 Å². The van der Waals surface area contributed by atoms with E-state index in [2.05, 4.69) is 28.9 Å².